The lowest BCUT2D eigenvalue weighted by atomic mass is 10.1. The fraction of sp³-hybridized carbons (Fsp3) is 0. The summed E-state index contributed by atoms with van der Waals surface area (Å²) in [7, 11) is 0. The summed E-state index contributed by atoms with van der Waals surface area (Å²) in [6.45, 7) is 0. The zero-order valence-corrected chi connectivity index (χ0v) is 8.32. The molecule has 0 aromatic heterocycles. The van der Waals surface area contributed by atoms with Crippen LogP contribution in [0.2, 0.25) is 5.02 Å². The normalized spacial score (nSPS) is 10.5. The largest absolute Gasteiger partial charge is 0.506 e. The number of aromatic hydroxyl groups is 1. The zero-order chi connectivity index (χ0) is 11.0. The van der Waals surface area contributed by atoms with Gasteiger partial charge in [-0.15, -0.1) is 0 Å². The van der Waals surface area contributed by atoms with Gasteiger partial charge in [-0.2, -0.15) is 0 Å². The molecule has 0 radical (unpaired) electrons. The van der Waals surface area contributed by atoms with Crippen LogP contribution >= 0.6 is 11.6 Å². The molecule has 3 nitrogen and oxygen atoms in total. The SMILES string of the molecule is O=C(O)c1ccc2c(Cl)c(O)ccc2c1. The number of hydrogen-bond acceptors (Lipinski definition) is 2. The Morgan fingerprint density at radius 1 is 1.20 bits per heavy atom. The van der Waals surface area contributed by atoms with Gasteiger partial charge in [0, 0.05) is 5.39 Å². The number of phenols is 1. The predicted octanol–water partition coefficient (Wildman–Crippen LogP) is 2.90. The first kappa shape index (κ1) is 9.80. The molecule has 15 heavy (non-hydrogen) atoms. The minimum Gasteiger partial charge on any atom is -0.506 e. The number of fused-ring (bicyclic) bond motifs is 1. The average Bonchev–Trinajstić information content (AvgIpc) is 2.23. The van der Waals surface area contributed by atoms with E-state index in [2.05, 4.69) is 0 Å². The van der Waals surface area contributed by atoms with Crippen LogP contribution in [0.5, 0.6) is 5.75 Å². The van der Waals surface area contributed by atoms with Crippen LogP contribution in [-0.2, 0) is 0 Å². The summed E-state index contributed by atoms with van der Waals surface area (Å²) in [6.07, 6.45) is 0. The van der Waals surface area contributed by atoms with Crippen molar-refractivity contribution in [2.45, 2.75) is 0 Å². The highest BCUT2D eigenvalue weighted by Crippen LogP contribution is 2.32. The average molecular weight is 223 g/mol. The van der Waals surface area contributed by atoms with Crippen LogP contribution in [0.3, 0.4) is 0 Å². The molecular weight excluding hydrogens is 216 g/mol. The topological polar surface area (TPSA) is 57.5 Å². The summed E-state index contributed by atoms with van der Waals surface area (Å²) < 4.78 is 0. The monoisotopic (exact) mass is 222 g/mol. The Hall–Kier alpha value is -1.74. The molecule has 0 amide bonds. The van der Waals surface area contributed by atoms with Crippen molar-refractivity contribution in [3.8, 4) is 5.75 Å². The third-order valence-electron chi connectivity index (χ3n) is 2.18. The molecule has 0 saturated carbocycles. The highest BCUT2D eigenvalue weighted by atomic mass is 35.5. The van der Waals surface area contributed by atoms with Crippen molar-refractivity contribution < 1.29 is 15.0 Å². The van der Waals surface area contributed by atoms with Crippen molar-refractivity contribution >= 4 is 28.3 Å². The van der Waals surface area contributed by atoms with E-state index in [9.17, 15) is 9.90 Å². The van der Waals surface area contributed by atoms with Crippen molar-refractivity contribution in [1.82, 2.24) is 0 Å². The van der Waals surface area contributed by atoms with Crippen LogP contribution in [0.25, 0.3) is 10.8 Å². The standard InChI is InChI=1S/C11H7ClO3/c12-10-8-3-1-7(11(14)15)5-6(8)2-4-9(10)13/h1-5,13H,(H,14,15). The van der Waals surface area contributed by atoms with Crippen LogP contribution in [0.4, 0.5) is 0 Å². The number of benzene rings is 2. The van der Waals surface area contributed by atoms with Gasteiger partial charge in [0.25, 0.3) is 0 Å². The number of phenolic OH excluding ortho intramolecular Hbond substituents is 1. The van der Waals surface area contributed by atoms with Crippen molar-refractivity contribution in [3.63, 3.8) is 0 Å². The molecule has 0 atom stereocenters. The number of hydrogen-bond donors (Lipinski definition) is 2. The van der Waals surface area contributed by atoms with E-state index in [-0.39, 0.29) is 16.3 Å². The summed E-state index contributed by atoms with van der Waals surface area (Å²) in [4.78, 5) is 10.7. The van der Waals surface area contributed by atoms with Gasteiger partial charge in [0.05, 0.1) is 10.6 Å². The third-order valence-corrected chi connectivity index (χ3v) is 2.58. The molecule has 0 unspecified atom stereocenters. The number of carboxylic acid groups (broad SMARTS) is 1. The fourth-order valence-electron chi connectivity index (χ4n) is 1.41. The number of rotatable bonds is 1. The van der Waals surface area contributed by atoms with Gasteiger partial charge in [0.15, 0.2) is 0 Å². The highest BCUT2D eigenvalue weighted by molar-refractivity contribution is 6.37. The second-order valence-corrected chi connectivity index (χ2v) is 3.52. The maximum atomic E-state index is 10.7. The molecule has 2 N–H and O–H groups in total. The highest BCUT2D eigenvalue weighted by Gasteiger charge is 2.07. The van der Waals surface area contributed by atoms with E-state index >= 15 is 0 Å². The third kappa shape index (κ3) is 1.62. The Balaban J connectivity index is 2.75. The lowest BCUT2D eigenvalue weighted by Gasteiger charge is -2.03. The van der Waals surface area contributed by atoms with E-state index < -0.39 is 5.97 Å². The van der Waals surface area contributed by atoms with E-state index in [1.807, 2.05) is 0 Å². The molecule has 2 aromatic rings. The Morgan fingerprint density at radius 2 is 1.93 bits per heavy atom. The first-order valence-electron chi connectivity index (χ1n) is 4.24. The first-order chi connectivity index (χ1) is 7.09. The Morgan fingerprint density at radius 3 is 2.60 bits per heavy atom. The molecule has 0 aliphatic rings. The number of carboxylic acids is 1. The maximum Gasteiger partial charge on any atom is 0.335 e. The summed E-state index contributed by atoms with van der Waals surface area (Å²) in [6, 6.07) is 7.62. The predicted molar refractivity (Wildman–Crippen MR) is 57.6 cm³/mol. The Labute approximate surface area is 90.5 Å². The number of halogens is 1. The van der Waals surface area contributed by atoms with Gasteiger partial charge in [-0.1, -0.05) is 23.7 Å². The molecule has 76 valence electrons. The summed E-state index contributed by atoms with van der Waals surface area (Å²) in [5.74, 6) is -0.992. The van der Waals surface area contributed by atoms with Crippen molar-refractivity contribution in [2.24, 2.45) is 0 Å². The summed E-state index contributed by atoms with van der Waals surface area (Å²) >= 11 is 5.86. The quantitative estimate of drug-likeness (QED) is 0.780. The van der Waals surface area contributed by atoms with Gasteiger partial charge in [0.2, 0.25) is 0 Å². The van der Waals surface area contributed by atoms with Crippen LogP contribution in [0.15, 0.2) is 30.3 Å². The molecule has 2 rings (SSSR count). The minimum absolute atomic E-state index is 0.00718. The van der Waals surface area contributed by atoms with Gasteiger partial charge in [-0.25, -0.2) is 4.79 Å². The lowest BCUT2D eigenvalue weighted by molar-refractivity contribution is 0.0697. The van der Waals surface area contributed by atoms with Crippen LogP contribution < -0.4 is 0 Å². The molecule has 0 aliphatic heterocycles. The second-order valence-electron chi connectivity index (χ2n) is 3.14. The fourth-order valence-corrected chi connectivity index (χ4v) is 1.65. The molecule has 4 heteroatoms. The molecule has 0 spiro atoms. The summed E-state index contributed by atoms with van der Waals surface area (Å²) in [5, 5.41) is 19.7. The van der Waals surface area contributed by atoms with Crippen LogP contribution in [0.1, 0.15) is 10.4 Å². The number of carbonyl (C=O) groups is 1. The smallest absolute Gasteiger partial charge is 0.335 e. The van der Waals surface area contributed by atoms with Gasteiger partial charge >= 0.3 is 5.97 Å². The molecule has 2 aromatic carbocycles. The molecular formula is C11H7ClO3. The number of aromatic carboxylic acids is 1. The van der Waals surface area contributed by atoms with Crippen molar-refractivity contribution in [1.29, 1.82) is 0 Å². The lowest BCUT2D eigenvalue weighted by Crippen LogP contribution is -1.95. The molecule has 0 saturated heterocycles. The Bertz CT molecular complexity index is 549. The van der Waals surface area contributed by atoms with E-state index in [4.69, 9.17) is 16.7 Å². The van der Waals surface area contributed by atoms with E-state index in [1.165, 1.54) is 18.2 Å². The van der Waals surface area contributed by atoms with Crippen molar-refractivity contribution in [2.75, 3.05) is 0 Å². The van der Waals surface area contributed by atoms with Gasteiger partial charge in [-0.3, -0.25) is 0 Å². The maximum absolute atomic E-state index is 10.7. The molecule has 0 fully saturated rings. The molecule has 0 bridgehead atoms. The van der Waals surface area contributed by atoms with E-state index in [0.29, 0.717) is 10.8 Å². The van der Waals surface area contributed by atoms with Gasteiger partial charge in [0.1, 0.15) is 5.75 Å². The summed E-state index contributed by atoms with van der Waals surface area (Å²) in [5.41, 5.74) is 0.198. The van der Waals surface area contributed by atoms with Crippen molar-refractivity contribution in [3.05, 3.63) is 40.9 Å². The van der Waals surface area contributed by atoms with Crippen LogP contribution in [-0.4, -0.2) is 16.2 Å². The van der Waals surface area contributed by atoms with E-state index in [0.717, 1.165) is 0 Å². The molecule has 0 aliphatic carbocycles. The molecule has 0 heterocycles. The second kappa shape index (κ2) is 3.44. The van der Waals surface area contributed by atoms with E-state index in [1.54, 1.807) is 12.1 Å². The zero-order valence-electron chi connectivity index (χ0n) is 7.57. The van der Waals surface area contributed by atoms with Gasteiger partial charge in [-0.05, 0) is 23.6 Å². The Kier molecular flexibility index (Phi) is 2.25. The minimum atomic E-state index is -0.985. The van der Waals surface area contributed by atoms with Crippen LogP contribution in [0, 0.1) is 0 Å². The first-order valence-corrected chi connectivity index (χ1v) is 4.62. The van der Waals surface area contributed by atoms with Gasteiger partial charge < -0.3 is 10.2 Å².